The zero-order valence-corrected chi connectivity index (χ0v) is 52.7. The minimum absolute atomic E-state index is 0.00678. The van der Waals surface area contributed by atoms with Crippen molar-refractivity contribution in [2.45, 2.75) is 155 Å². The lowest BCUT2D eigenvalue weighted by Crippen LogP contribution is -2.88. The van der Waals surface area contributed by atoms with Crippen molar-refractivity contribution in [1.29, 1.82) is 0 Å². The van der Waals surface area contributed by atoms with Gasteiger partial charge in [0.1, 0.15) is 0 Å². The van der Waals surface area contributed by atoms with Crippen LogP contribution in [0.2, 0.25) is 0 Å². The molecule has 3 nitrogen and oxygen atoms in total. The SMILES string of the molecule is CC(C)(C)c1ccc(N2c3cc(N4c5ccc(C(C)(C)C)cc5C5(C)CCCCC45C)cc4c3B3c5c(cc(C(C)(C)C)cc5[Si](c5ccccc5)(c5ccccc5)c5cc(C(C)(C)C)cc2c53)N4c2ccc(-c3ccccc3)cc2)cc1. The third kappa shape index (κ3) is 7.88. The van der Waals surface area contributed by atoms with Crippen LogP contribution >= 0.6 is 0 Å². The summed E-state index contributed by atoms with van der Waals surface area (Å²) in [5, 5.41) is 5.86. The molecule has 0 spiro atoms. The maximum Gasteiger partial charge on any atom is 0.251 e. The fourth-order valence-corrected chi connectivity index (χ4v) is 21.2. The van der Waals surface area contributed by atoms with Crippen molar-refractivity contribution in [1.82, 2.24) is 0 Å². The van der Waals surface area contributed by atoms with Crippen molar-refractivity contribution in [3.8, 4) is 11.1 Å². The van der Waals surface area contributed by atoms with Gasteiger partial charge in [-0.1, -0.05) is 242 Å². The van der Waals surface area contributed by atoms with Crippen molar-refractivity contribution in [3.63, 3.8) is 0 Å². The number of benzene rings is 9. The summed E-state index contributed by atoms with van der Waals surface area (Å²) >= 11 is 0. The fourth-order valence-electron chi connectivity index (χ4n) is 15.9. The second-order valence-corrected chi connectivity index (χ2v) is 33.5. The Bertz CT molecular complexity index is 4010. The van der Waals surface area contributed by atoms with Gasteiger partial charge in [-0.25, -0.2) is 0 Å². The summed E-state index contributed by atoms with van der Waals surface area (Å²) in [5.41, 5.74) is 23.3. The highest BCUT2D eigenvalue weighted by Crippen LogP contribution is 2.62. The first-order valence-electron chi connectivity index (χ1n) is 30.9. The van der Waals surface area contributed by atoms with E-state index < -0.39 is 8.07 Å². The Kier molecular flexibility index (Phi) is 11.8. The average Bonchev–Trinajstić information content (AvgIpc) is 1.13. The third-order valence-electron chi connectivity index (χ3n) is 20.7. The lowest BCUT2D eigenvalue weighted by Gasteiger charge is -2.53. The predicted octanol–water partition coefficient (Wildman–Crippen LogP) is 16.1. The molecular weight excluding hydrogens is 1020 g/mol. The number of fused-ring (bicyclic) bond motifs is 3. The first kappa shape index (κ1) is 53.7. The van der Waals surface area contributed by atoms with E-state index in [0.29, 0.717) is 0 Å². The smallest absolute Gasteiger partial charge is 0.251 e. The minimum Gasteiger partial charge on any atom is -0.334 e. The molecule has 2 atom stereocenters. The minimum atomic E-state index is -3.21. The molecule has 83 heavy (non-hydrogen) atoms. The van der Waals surface area contributed by atoms with E-state index in [1.165, 1.54) is 141 Å². The van der Waals surface area contributed by atoms with Crippen LogP contribution in [0, 0.1) is 0 Å². The molecular formula is C78H82BN3Si. The van der Waals surface area contributed by atoms with Gasteiger partial charge in [0.05, 0.1) is 5.54 Å². The van der Waals surface area contributed by atoms with Crippen LogP contribution in [0.25, 0.3) is 11.1 Å². The second-order valence-electron chi connectivity index (χ2n) is 29.7. The summed E-state index contributed by atoms with van der Waals surface area (Å²) in [4.78, 5) is 8.33. The van der Waals surface area contributed by atoms with Crippen molar-refractivity contribution in [3.05, 3.63) is 222 Å². The second kappa shape index (κ2) is 18.3. The number of rotatable bonds is 6. The monoisotopic (exact) mass is 1100 g/mol. The largest absolute Gasteiger partial charge is 0.334 e. The number of hydrogen-bond donors (Lipinski definition) is 0. The van der Waals surface area contributed by atoms with Crippen molar-refractivity contribution in [2.75, 3.05) is 14.7 Å². The highest BCUT2D eigenvalue weighted by molar-refractivity contribution is 7.27. The molecule has 0 amide bonds. The average molecular weight is 1100 g/mol. The Labute approximate surface area is 497 Å². The van der Waals surface area contributed by atoms with Gasteiger partial charge >= 0.3 is 0 Å². The molecule has 0 N–H and O–H groups in total. The van der Waals surface area contributed by atoms with Crippen LogP contribution in [0.1, 0.15) is 150 Å². The molecule has 4 heterocycles. The van der Waals surface area contributed by atoms with Gasteiger partial charge in [0.15, 0.2) is 8.07 Å². The van der Waals surface area contributed by atoms with Gasteiger partial charge in [0.2, 0.25) is 0 Å². The summed E-state index contributed by atoms with van der Waals surface area (Å²) < 4.78 is 0. The van der Waals surface area contributed by atoms with Gasteiger partial charge in [0, 0.05) is 50.9 Å². The van der Waals surface area contributed by atoms with E-state index in [2.05, 4.69) is 306 Å². The standard InChI is InChI=1S/C78H82BN3Si/c1-73(2,3)53-34-39-58(40-35-53)81-65-46-56(76(10,11)12)48-69-72(65)79-70-66(49-59(50-67(70)81)82-63-41-36-54(74(4,5)6)44-62(63)77(13)42-24-25-43-78(77,82)14)80(57-37-32-52(33-38-57)51-26-18-15-19-27-51)64-45-55(75(7,8)9)47-68(71(64)79)83(69,60-28-20-16-21-29-60)61-30-22-17-23-31-61/h15-23,26-41,44-50H,24-25,42-43H2,1-14H3. The first-order valence-corrected chi connectivity index (χ1v) is 32.9. The molecule has 14 rings (SSSR count). The summed E-state index contributed by atoms with van der Waals surface area (Å²) in [6.45, 7) is 33.9. The van der Waals surface area contributed by atoms with Crippen molar-refractivity contribution in [2.24, 2.45) is 0 Å². The van der Waals surface area contributed by atoms with Crippen LogP contribution in [0.3, 0.4) is 0 Å². The fraction of sp³-hybridized carbons (Fsp3) is 0.308. The Morgan fingerprint density at radius 1 is 0.373 bits per heavy atom. The Balaban J connectivity index is 1.18. The quantitative estimate of drug-likeness (QED) is 0.154. The van der Waals surface area contributed by atoms with Crippen LogP contribution in [0.4, 0.5) is 45.5 Å². The molecule has 0 aromatic heterocycles. The van der Waals surface area contributed by atoms with Gasteiger partial charge in [-0.3, -0.25) is 0 Å². The molecule has 2 unspecified atom stereocenters. The van der Waals surface area contributed by atoms with Gasteiger partial charge in [-0.15, -0.1) is 0 Å². The van der Waals surface area contributed by atoms with E-state index in [9.17, 15) is 0 Å². The summed E-state index contributed by atoms with van der Waals surface area (Å²) in [6, 6.07) is 77.3. The molecule has 0 radical (unpaired) electrons. The van der Waals surface area contributed by atoms with E-state index in [0.717, 1.165) is 6.42 Å². The van der Waals surface area contributed by atoms with E-state index in [4.69, 9.17) is 0 Å². The molecule has 0 saturated heterocycles. The third-order valence-corrected chi connectivity index (χ3v) is 25.5. The van der Waals surface area contributed by atoms with Gasteiger partial charge < -0.3 is 14.7 Å². The Morgan fingerprint density at radius 2 is 0.795 bits per heavy atom. The highest BCUT2D eigenvalue weighted by Gasteiger charge is 2.60. The first-order chi connectivity index (χ1) is 39.4. The molecule has 1 fully saturated rings. The Morgan fingerprint density at radius 3 is 1.28 bits per heavy atom. The normalized spacial score (nSPS) is 19.3. The topological polar surface area (TPSA) is 9.72 Å². The lowest BCUT2D eigenvalue weighted by atomic mass is 9.33. The van der Waals surface area contributed by atoms with Crippen molar-refractivity contribution < 1.29 is 0 Å². The molecule has 9 aromatic rings. The highest BCUT2D eigenvalue weighted by atomic mass is 28.3. The van der Waals surface area contributed by atoms with Crippen molar-refractivity contribution >= 4 is 97.4 Å². The molecule has 4 aliphatic heterocycles. The molecule has 416 valence electrons. The van der Waals surface area contributed by atoms with E-state index in [1.54, 1.807) is 0 Å². The summed E-state index contributed by atoms with van der Waals surface area (Å²) in [7, 11) is -3.21. The molecule has 9 aromatic carbocycles. The van der Waals surface area contributed by atoms with Gasteiger partial charge in [-0.2, -0.15) is 0 Å². The van der Waals surface area contributed by atoms with Crippen LogP contribution in [0.5, 0.6) is 0 Å². The maximum atomic E-state index is 2.85. The van der Waals surface area contributed by atoms with E-state index >= 15 is 0 Å². The molecule has 5 heteroatoms. The predicted molar refractivity (Wildman–Crippen MR) is 361 cm³/mol. The summed E-state index contributed by atoms with van der Waals surface area (Å²) in [6.07, 6.45) is 4.73. The van der Waals surface area contributed by atoms with Gasteiger partial charge in [0.25, 0.3) is 6.71 Å². The number of anilines is 8. The van der Waals surface area contributed by atoms with Gasteiger partial charge in [-0.05, 0) is 172 Å². The molecule has 5 aliphatic rings. The van der Waals surface area contributed by atoms with E-state index in [1.807, 2.05) is 0 Å². The Hall–Kier alpha value is -7.34. The van der Waals surface area contributed by atoms with Crippen LogP contribution in [0.15, 0.2) is 194 Å². The van der Waals surface area contributed by atoms with Crippen LogP contribution < -0.4 is 51.8 Å². The van der Waals surface area contributed by atoms with Crippen LogP contribution in [-0.2, 0) is 27.1 Å². The zero-order chi connectivity index (χ0) is 58.0. The lowest BCUT2D eigenvalue weighted by molar-refractivity contribution is 0.195. The molecule has 0 bridgehead atoms. The van der Waals surface area contributed by atoms with Crippen LogP contribution in [-0.4, -0.2) is 20.3 Å². The zero-order valence-electron chi connectivity index (χ0n) is 51.7. The number of nitrogens with zero attached hydrogens (tertiary/aromatic N) is 3. The maximum absolute atomic E-state index is 3.21. The molecule has 1 aliphatic carbocycles. The van der Waals surface area contributed by atoms with E-state index in [-0.39, 0.29) is 39.3 Å². The number of hydrogen-bond acceptors (Lipinski definition) is 3. The molecule has 1 saturated carbocycles. The summed E-state index contributed by atoms with van der Waals surface area (Å²) in [5.74, 6) is 0.